The number of H-pyrrole nitrogens is 1. The van der Waals surface area contributed by atoms with Crippen LogP contribution in [0.4, 0.5) is 0 Å². The minimum absolute atomic E-state index is 0.226. The molecule has 0 saturated carbocycles. The van der Waals surface area contributed by atoms with Gasteiger partial charge in [-0.05, 0) is 6.92 Å². The molecule has 0 fully saturated rings. The van der Waals surface area contributed by atoms with Gasteiger partial charge in [0.2, 0.25) is 0 Å². The number of nitrogens with one attached hydrogen (secondary N) is 3. The Bertz CT molecular complexity index is 435. The van der Waals surface area contributed by atoms with Crippen molar-refractivity contribution in [2.45, 2.75) is 12.7 Å². The third-order valence-electron chi connectivity index (χ3n) is 2.18. The van der Waals surface area contributed by atoms with E-state index in [1.807, 2.05) is 6.92 Å². The zero-order valence-electron chi connectivity index (χ0n) is 10.8. The Balaban J connectivity index is 2.22. The molecule has 106 valence electrons. The van der Waals surface area contributed by atoms with Crippen LogP contribution in [0, 0.1) is 17.0 Å². The van der Waals surface area contributed by atoms with Crippen LogP contribution in [0.1, 0.15) is 11.4 Å². The summed E-state index contributed by atoms with van der Waals surface area (Å²) in [4.78, 5) is 21.6. The van der Waals surface area contributed by atoms with Crippen molar-refractivity contribution >= 4 is 11.8 Å². The minimum atomic E-state index is -0.547. The molecule has 0 saturated heterocycles. The van der Waals surface area contributed by atoms with Crippen LogP contribution in [0.25, 0.3) is 0 Å². The SMILES string of the molecule is CONC(=C[N+](=O)[O-])NCCSCc1nc[nH]c1C. The van der Waals surface area contributed by atoms with Crippen LogP contribution in [-0.2, 0) is 10.6 Å². The van der Waals surface area contributed by atoms with Gasteiger partial charge in [0.15, 0.2) is 5.82 Å². The Morgan fingerprint density at radius 2 is 2.53 bits per heavy atom. The molecule has 9 heteroatoms. The topological polar surface area (TPSA) is 105 Å². The van der Waals surface area contributed by atoms with Crippen LogP contribution < -0.4 is 10.8 Å². The summed E-state index contributed by atoms with van der Waals surface area (Å²) in [5.74, 6) is 1.83. The minimum Gasteiger partial charge on any atom is -0.364 e. The summed E-state index contributed by atoms with van der Waals surface area (Å²) in [6.45, 7) is 2.56. The van der Waals surface area contributed by atoms with E-state index < -0.39 is 4.92 Å². The highest BCUT2D eigenvalue weighted by atomic mass is 32.2. The Morgan fingerprint density at radius 3 is 3.11 bits per heavy atom. The predicted molar refractivity (Wildman–Crippen MR) is 72.7 cm³/mol. The number of aromatic nitrogens is 2. The summed E-state index contributed by atoms with van der Waals surface area (Å²) in [6.07, 6.45) is 2.50. The molecule has 8 nitrogen and oxygen atoms in total. The van der Waals surface area contributed by atoms with Gasteiger partial charge in [-0.1, -0.05) is 0 Å². The van der Waals surface area contributed by atoms with E-state index in [0.29, 0.717) is 6.54 Å². The zero-order valence-corrected chi connectivity index (χ0v) is 11.6. The first-order chi connectivity index (χ1) is 9.13. The molecule has 0 aliphatic rings. The largest absolute Gasteiger partial charge is 0.364 e. The number of rotatable bonds is 9. The van der Waals surface area contributed by atoms with Gasteiger partial charge in [-0.2, -0.15) is 11.8 Å². The van der Waals surface area contributed by atoms with Crippen LogP contribution in [-0.4, -0.2) is 34.3 Å². The lowest BCUT2D eigenvalue weighted by Gasteiger charge is -2.08. The molecule has 0 aromatic carbocycles. The third-order valence-corrected chi connectivity index (χ3v) is 3.15. The van der Waals surface area contributed by atoms with Gasteiger partial charge in [0, 0.05) is 23.7 Å². The molecule has 0 radical (unpaired) electrons. The van der Waals surface area contributed by atoms with Gasteiger partial charge in [0.05, 0.1) is 24.1 Å². The predicted octanol–water partition coefficient (Wildman–Crippen LogP) is 0.768. The highest BCUT2D eigenvalue weighted by Crippen LogP contribution is 2.11. The van der Waals surface area contributed by atoms with E-state index in [1.165, 1.54) is 7.11 Å². The summed E-state index contributed by atoms with van der Waals surface area (Å²) in [5.41, 5.74) is 4.50. The van der Waals surface area contributed by atoms with Gasteiger partial charge in [-0.15, -0.1) is 0 Å². The lowest BCUT2D eigenvalue weighted by molar-refractivity contribution is -0.404. The molecular weight excluding hydrogens is 270 g/mol. The molecule has 0 unspecified atom stereocenters. The van der Waals surface area contributed by atoms with E-state index in [9.17, 15) is 10.1 Å². The van der Waals surface area contributed by atoms with E-state index in [-0.39, 0.29) is 5.82 Å². The first kappa shape index (κ1) is 15.3. The Hall–Kier alpha value is -1.74. The van der Waals surface area contributed by atoms with Crippen LogP contribution in [0.2, 0.25) is 0 Å². The molecule has 1 heterocycles. The number of nitro groups is 1. The molecular formula is C10H17N5O3S. The first-order valence-electron chi connectivity index (χ1n) is 5.58. The molecule has 1 rings (SSSR count). The average molecular weight is 287 g/mol. The fourth-order valence-electron chi connectivity index (χ4n) is 1.28. The number of nitrogens with zero attached hydrogens (tertiary/aromatic N) is 2. The number of hydroxylamine groups is 1. The molecule has 1 aromatic rings. The lowest BCUT2D eigenvalue weighted by Crippen LogP contribution is -2.28. The standard InChI is InChI=1S/C10H17N5O3S/c1-8-9(13-7-12-8)6-19-4-3-11-10(14-18-2)5-15(16)17/h5,7,11,14H,3-4,6H2,1-2H3,(H,12,13). The van der Waals surface area contributed by atoms with E-state index in [0.717, 1.165) is 29.1 Å². The second-order valence-corrected chi connectivity index (χ2v) is 4.69. The molecule has 19 heavy (non-hydrogen) atoms. The molecule has 0 aliphatic carbocycles. The van der Waals surface area contributed by atoms with Gasteiger partial charge in [0.1, 0.15) is 0 Å². The number of thioether (sulfide) groups is 1. The monoisotopic (exact) mass is 287 g/mol. The van der Waals surface area contributed by atoms with Gasteiger partial charge in [0.25, 0.3) is 6.20 Å². The van der Waals surface area contributed by atoms with E-state index in [2.05, 4.69) is 25.6 Å². The smallest absolute Gasteiger partial charge is 0.276 e. The molecule has 0 atom stereocenters. The van der Waals surface area contributed by atoms with Crippen molar-refractivity contribution in [2.75, 3.05) is 19.4 Å². The van der Waals surface area contributed by atoms with Gasteiger partial charge < -0.3 is 10.3 Å². The van der Waals surface area contributed by atoms with Crippen molar-refractivity contribution in [1.29, 1.82) is 0 Å². The van der Waals surface area contributed by atoms with E-state index >= 15 is 0 Å². The Morgan fingerprint density at radius 1 is 1.74 bits per heavy atom. The van der Waals surface area contributed by atoms with Gasteiger partial charge >= 0.3 is 0 Å². The maximum Gasteiger partial charge on any atom is 0.276 e. The average Bonchev–Trinajstić information content (AvgIpc) is 2.74. The molecule has 0 aliphatic heterocycles. The van der Waals surface area contributed by atoms with E-state index in [1.54, 1.807) is 18.1 Å². The number of hydrogen-bond donors (Lipinski definition) is 3. The third kappa shape index (κ3) is 6.11. The van der Waals surface area contributed by atoms with Crippen molar-refractivity contribution in [3.63, 3.8) is 0 Å². The van der Waals surface area contributed by atoms with Crippen molar-refractivity contribution in [3.05, 3.63) is 39.9 Å². The lowest BCUT2D eigenvalue weighted by atomic mass is 10.4. The zero-order chi connectivity index (χ0) is 14.1. The second kappa shape index (κ2) is 8.38. The van der Waals surface area contributed by atoms with Crippen LogP contribution >= 0.6 is 11.8 Å². The van der Waals surface area contributed by atoms with Crippen LogP contribution in [0.5, 0.6) is 0 Å². The van der Waals surface area contributed by atoms with Crippen molar-refractivity contribution in [1.82, 2.24) is 20.8 Å². The van der Waals surface area contributed by atoms with E-state index in [4.69, 9.17) is 0 Å². The second-order valence-electron chi connectivity index (χ2n) is 3.59. The number of aryl methyl sites for hydroxylation is 1. The maximum atomic E-state index is 10.3. The quantitative estimate of drug-likeness (QED) is 0.350. The summed E-state index contributed by atoms with van der Waals surface area (Å²) in [6, 6.07) is 0. The number of imidazole rings is 1. The Kier molecular flexibility index (Phi) is 6.75. The van der Waals surface area contributed by atoms with Crippen LogP contribution in [0.3, 0.4) is 0 Å². The first-order valence-corrected chi connectivity index (χ1v) is 6.73. The Labute approximate surface area is 115 Å². The summed E-state index contributed by atoms with van der Waals surface area (Å²) in [5, 5.41) is 13.2. The summed E-state index contributed by atoms with van der Waals surface area (Å²) < 4.78 is 0. The molecule has 0 bridgehead atoms. The van der Waals surface area contributed by atoms with Crippen LogP contribution in [0.15, 0.2) is 18.3 Å². The highest BCUT2D eigenvalue weighted by molar-refractivity contribution is 7.98. The normalized spacial score (nSPS) is 11.4. The summed E-state index contributed by atoms with van der Waals surface area (Å²) in [7, 11) is 1.39. The molecule has 1 aromatic heterocycles. The highest BCUT2D eigenvalue weighted by Gasteiger charge is 2.03. The van der Waals surface area contributed by atoms with Crippen molar-refractivity contribution < 1.29 is 9.76 Å². The fraction of sp³-hybridized carbons (Fsp3) is 0.500. The van der Waals surface area contributed by atoms with Crippen molar-refractivity contribution in [2.24, 2.45) is 0 Å². The van der Waals surface area contributed by atoms with Crippen molar-refractivity contribution in [3.8, 4) is 0 Å². The van der Waals surface area contributed by atoms with Gasteiger partial charge in [-0.3, -0.25) is 15.0 Å². The maximum absolute atomic E-state index is 10.3. The molecule has 0 spiro atoms. The fourth-order valence-corrected chi connectivity index (χ4v) is 2.16. The number of aromatic amines is 1. The number of hydrogen-bond acceptors (Lipinski definition) is 7. The molecule has 0 amide bonds. The summed E-state index contributed by atoms with van der Waals surface area (Å²) >= 11 is 1.69. The van der Waals surface area contributed by atoms with Gasteiger partial charge in [-0.25, -0.2) is 10.5 Å². The molecule has 3 N–H and O–H groups in total.